The molecule has 30 heavy (non-hydrogen) atoms. The second kappa shape index (κ2) is 10.8. The molecular formula is C23H31N3O4. The molecule has 3 rings (SSSR count). The average Bonchev–Trinajstić information content (AvgIpc) is 2.79. The molecule has 0 radical (unpaired) electrons. The maximum atomic E-state index is 12.4. The Hall–Kier alpha value is -2.77. The quantitative estimate of drug-likeness (QED) is 0.681. The molecule has 0 aliphatic carbocycles. The number of nitrogens with zero attached hydrogens (tertiary/aromatic N) is 2. The molecule has 7 nitrogen and oxygen atoms in total. The Labute approximate surface area is 178 Å². The summed E-state index contributed by atoms with van der Waals surface area (Å²) < 4.78 is 16.2. The van der Waals surface area contributed by atoms with Crippen molar-refractivity contribution in [3.63, 3.8) is 0 Å². The molecule has 1 amide bonds. The van der Waals surface area contributed by atoms with Crippen LogP contribution in [0.2, 0.25) is 0 Å². The van der Waals surface area contributed by atoms with Crippen molar-refractivity contribution in [3.05, 3.63) is 54.1 Å². The summed E-state index contributed by atoms with van der Waals surface area (Å²) in [6, 6.07) is 15.8. The number of amides is 1. The Morgan fingerprint density at radius 1 is 1.07 bits per heavy atom. The van der Waals surface area contributed by atoms with Gasteiger partial charge in [-0.2, -0.15) is 0 Å². The Balaban J connectivity index is 1.58. The zero-order valence-electron chi connectivity index (χ0n) is 18.0. The minimum atomic E-state index is -0.144. The van der Waals surface area contributed by atoms with Crippen molar-refractivity contribution in [2.45, 2.75) is 6.04 Å². The predicted molar refractivity (Wildman–Crippen MR) is 117 cm³/mol. The summed E-state index contributed by atoms with van der Waals surface area (Å²) in [6.07, 6.45) is 0. The first-order valence-electron chi connectivity index (χ1n) is 10.2. The van der Waals surface area contributed by atoms with Crippen LogP contribution in [-0.4, -0.2) is 71.5 Å². The topological polar surface area (TPSA) is 63.3 Å². The highest BCUT2D eigenvalue weighted by molar-refractivity contribution is 5.77. The number of morpholine rings is 1. The number of ether oxygens (including phenoxy) is 3. The van der Waals surface area contributed by atoms with Crippen molar-refractivity contribution in [2.75, 3.05) is 65.6 Å². The van der Waals surface area contributed by atoms with Crippen LogP contribution in [0.1, 0.15) is 11.6 Å². The number of hydrogen-bond acceptors (Lipinski definition) is 6. The number of methoxy groups -OCH3 is 1. The fourth-order valence-corrected chi connectivity index (χ4v) is 3.42. The summed E-state index contributed by atoms with van der Waals surface area (Å²) in [5.41, 5.74) is 2.33. The van der Waals surface area contributed by atoms with E-state index in [4.69, 9.17) is 14.2 Å². The van der Waals surface area contributed by atoms with E-state index in [1.54, 1.807) is 31.4 Å². The first kappa shape index (κ1) is 21.9. The van der Waals surface area contributed by atoms with Gasteiger partial charge in [-0.25, -0.2) is 0 Å². The van der Waals surface area contributed by atoms with Crippen molar-refractivity contribution < 1.29 is 19.0 Å². The van der Waals surface area contributed by atoms with Gasteiger partial charge in [0.1, 0.15) is 11.5 Å². The van der Waals surface area contributed by atoms with E-state index in [1.807, 2.05) is 14.1 Å². The molecule has 1 aliphatic heterocycles. The van der Waals surface area contributed by atoms with Crippen LogP contribution in [0.4, 0.5) is 5.69 Å². The summed E-state index contributed by atoms with van der Waals surface area (Å²) >= 11 is 0. The van der Waals surface area contributed by atoms with Crippen LogP contribution in [0.5, 0.6) is 11.5 Å². The Morgan fingerprint density at radius 2 is 1.70 bits per heavy atom. The van der Waals surface area contributed by atoms with Gasteiger partial charge in [-0.05, 0) is 42.0 Å². The van der Waals surface area contributed by atoms with Gasteiger partial charge >= 0.3 is 0 Å². The second-order valence-corrected chi connectivity index (χ2v) is 7.42. The molecule has 1 heterocycles. The van der Waals surface area contributed by atoms with Crippen molar-refractivity contribution in [2.24, 2.45) is 0 Å². The van der Waals surface area contributed by atoms with Crippen molar-refractivity contribution in [3.8, 4) is 11.5 Å². The van der Waals surface area contributed by atoms with E-state index in [0.29, 0.717) is 25.5 Å². The minimum Gasteiger partial charge on any atom is -0.497 e. The molecule has 2 aromatic rings. The van der Waals surface area contributed by atoms with E-state index in [-0.39, 0.29) is 18.6 Å². The summed E-state index contributed by atoms with van der Waals surface area (Å²) in [4.78, 5) is 16.8. The number of carbonyl (C=O) groups excluding carboxylic acids is 1. The number of carbonyl (C=O) groups is 1. The Morgan fingerprint density at radius 3 is 2.30 bits per heavy atom. The average molecular weight is 414 g/mol. The molecule has 1 atom stereocenters. The fraction of sp³-hybridized carbons (Fsp3) is 0.435. The van der Waals surface area contributed by atoms with Crippen molar-refractivity contribution in [1.29, 1.82) is 0 Å². The second-order valence-electron chi connectivity index (χ2n) is 7.42. The third kappa shape index (κ3) is 6.11. The maximum absolute atomic E-state index is 12.4. The smallest absolute Gasteiger partial charge is 0.258 e. The standard InChI is InChI=1S/C23H31N3O4/c1-25(2)19-6-4-18(5-7-19)22(26-12-14-29-15-13-26)16-24-23(27)17-30-21-10-8-20(28-3)9-11-21/h4-11,22H,12-17H2,1-3H3,(H,24,27)/t22-/m0/s1. The lowest BCUT2D eigenvalue weighted by atomic mass is 10.0. The van der Waals surface area contributed by atoms with Gasteiger partial charge in [0.25, 0.3) is 5.91 Å². The lowest BCUT2D eigenvalue weighted by Gasteiger charge is -2.35. The van der Waals surface area contributed by atoms with Crippen molar-refractivity contribution >= 4 is 11.6 Å². The third-order valence-corrected chi connectivity index (χ3v) is 5.20. The number of hydrogen-bond donors (Lipinski definition) is 1. The Kier molecular flexibility index (Phi) is 7.93. The highest BCUT2D eigenvalue weighted by Gasteiger charge is 2.23. The molecule has 0 aromatic heterocycles. The first-order valence-corrected chi connectivity index (χ1v) is 10.2. The largest absolute Gasteiger partial charge is 0.497 e. The highest BCUT2D eigenvalue weighted by Crippen LogP contribution is 2.24. The van der Waals surface area contributed by atoms with Crippen LogP contribution in [0.25, 0.3) is 0 Å². The van der Waals surface area contributed by atoms with Gasteiger partial charge in [-0.1, -0.05) is 12.1 Å². The van der Waals surface area contributed by atoms with Crippen LogP contribution >= 0.6 is 0 Å². The molecule has 0 bridgehead atoms. The van der Waals surface area contributed by atoms with Gasteiger partial charge in [-0.15, -0.1) is 0 Å². The van der Waals surface area contributed by atoms with Gasteiger partial charge < -0.3 is 24.4 Å². The first-order chi connectivity index (χ1) is 14.6. The van der Waals surface area contributed by atoms with Gasteiger partial charge in [0.05, 0.1) is 26.4 Å². The predicted octanol–water partition coefficient (Wildman–Crippen LogP) is 2.33. The minimum absolute atomic E-state index is 0.0261. The number of rotatable bonds is 9. The molecule has 1 saturated heterocycles. The third-order valence-electron chi connectivity index (χ3n) is 5.20. The molecule has 2 aromatic carbocycles. The van der Waals surface area contributed by atoms with Crippen molar-refractivity contribution in [1.82, 2.24) is 10.2 Å². The van der Waals surface area contributed by atoms with E-state index < -0.39 is 0 Å². The normalized spacial score (nSPS) is 15.3. The van der Waals surface area contributed by atoms with E-state index >= 15 is 0 Å². The molecule has 0 saturated carbocycles. The highest BCUT2D eigenvalue weighted by atomic mass is 16.5. The van der Waals surface area contributed by atoms with Gasteiger partial charge in [0.2, 0.25) is 0 Å². The molecule has 162 valence electrons. The van der Waals surface area contributed by atoms with Crippen LogP contribution < -0.4 is 19.7 Å². The van der Waals surface area contributed by atoms with Crippen LogP contribution in [0.15, 0.2) is 48.5 Å². The van der Waals surface area contributed by atoms with E-state index in [0.717, 1.165) is 24.5 Å². The zero-order valence-corrected chi connectivity index (χ0v) is 18.0. The molecular weight excluding hydrogens is 382 g/mol. The molecule has 0 unspecified atom stereocenters. The van der Waals surface area contributed by atoms with Crippen LogP contribution in [0.3, 0.4) is 0 Å². The van der Waals surface area contributed by atoms with Gasteiger partial charge in [-0.3, -0.25) is 9.69 Å². The number of nitrogens with one attached hydrogen (secondary N) is 1. The molecule has 1 N–H and O–H groups in total. The number of benzene rings is 2. The van der Waals surface area contributed by atoms with Gasteiger partial charge in [0.15, 0.2) is 6.61 Å². The summed E-state index contributed by atoms with van der Waals surface area (Å²) in [7, 11) is 5.66. The SMILES string of the molecule is COc1ccc(OCC(=O)NC[C@@H](c2ccc(N(C)C)cc2)N2CCOCC2)cc1. The van der Waals surface area contributed by atoms with Crippen LogP contribution in [-0.2, 0) is 9.53 Å². The monoisotopic (exact) mass is 413 g/mol. The molecule has 0 spiro atoms. The van der Waals surface area contributed by atoms with E-state index in [1.165, 1.54) is 5.56 Å². The molecule has 1 aliphatic rings. The van der Waals surface area contributed by atoms with Gasteiger partial charge in [0, 0.05) is 39.4 Å². The lowest BCUT2D eigenvalue weighted by Crippen LogP contribution is -2.44. The maximum Gasteiger partial charge on any atom is 0.258 e. The summed E-state index contributed by atoms with van der Waals surface area (Å²) in [5, 5.41) is 3.03. The zero-order chi connectivity index (χ0) is 21.3. The van der Waals surface area contributed by atoms with E-state index in [9.17, 15) is 4.79 Å². The van der Waals surface area contributed by atoms with Crippen LogP contribution in [0, 0.1) is 0 Å². The fourth-order valence-electron chi connectivity index (χ4n) is 3.42. The molecule has 7 heteroatoms. The summed E-state index contributed by atoms with van der Waals surface area (Å²) in [6.45, 7) is 3.60. The number of anilines is 1. The lowest BCUT2D eigenvalue weighted by molar-refractivity contribution is -0.123. The van der Waals surface area contributed by atoms with E-state index in [2.05, 4.69) is 39.4 Å². The summed E-state index contributed by atoms with van der Waals surface area (Å²) in [5.74, 6) is 1.24. The molecule has 1 fully saturated rings. The Bertz CT molecular complexity index is 787.